The summed E-state index contributed by atoms with van der Waals surface area (Å²) in [5.41, 5.74) is 1.68. The number of carbonyl (C=O) groups is 2. The molecule has 0 aliphatic heterocycles. The van der Waals surface area contributed by atoms with Gasteiger partial charge in [0.25, 0.3) is 11.8 Å². The number of hydrogen-bond acceptors (Lipinski definition) is 5. The molecule has 2 aromatic carbocycles. The molecule has 0 spiro atoms. The maximum Gasteiger partial charge on any atom is 0.255 e. The highest BCUT2D eigenvalue weighted by Crippen LogP contribution is 2.18. The Morgan fingerprint density at radius 1 is 0.963 bits per heavy atom. The summed E-state index contributed by atoms with van der Waals surface area (Å²) >= 11 is 0. The Morgan fingerprint density at radius 2 is 1.67 bits per heavy atom. The number of amides is 2. The van der Waals surface area contributed by atoms with Crippen molar-refractivity contribution in [1.29, 1.82) is 0 Å². The molecule has 3 rings (SSSR count). The lowest BCUT2D eigenvalue weighted by atomic mass is 10.1. The maximum atomic E-state index is 12.6. The zero-order valence-electron chi connectivity index (χ0n) is 15.3. The second kappa shape index (κ2) is 7.36. The molecular formula is C19H20N6O2. The van der Waals surface area contributed by atoms with Crippen molar-refractivity contribution in [3.8, 4) is 5.69 Å². The minimum Gasteiger partial charge on any atom is -0.347 e. The fourth-order valence-corrected chi connectivity index (χ4v) is 2.44. The molecule has 0 atom stereocenters. The molecule has 0 aliphatic rings. The van der Waals surface area contributed by atoms with Gasteiger partial charge in [0.05, 0.1) is 16.9 Å². The van der Waals surface area contributed by atoms with Crippen LogP contribution in [0.1, 0.15) is 41.5 Å². The first-order chi connectivity index (χ1) is 12.8. The number of nitrogens with one attached hydrogen (secondary N) is 2. The van der Waals surface area contributed by atoms with Gasteiger partial charge in [0.1, 0.15) is 6.33 Å². The lowest BCUT2D eigenvalue weighted by Crippen LogP contribution is -2.40. The molecule has 0 unspecified atom stereocenters. The number of carbonyl (C=O) groups excluding carboxylic acids is 2. The van der Waals surface area contributed by atoms with Gasteiger partial charge < -0.3 is 10.6 Å². The van der Waals surface area contributed by atoms with Crippen molar-refractivity contribution in [3.05, 3.63) is 66.0 Å². The fraction of sp³-hybridized carbons (Fsp3) is 0.211. The van der Waals surface area contributed by atoms with Gasteiger partial charge in [-0.25, -0.2) is 4.68 Å². The highest BCUT2D eigenvalue weighted by Gasteiger charge is 2.19. The average molecular weight is 364 g/mol. The van der Waals surface area contributed by atoms with Crippen LogP contribution >= 0.6 is 0 Å². The van der Waals surface area contributed by atoms with Gasteiger partial charge in [-0.15, -0.1) is 5.10 Å². The Labute approximate surface area is 156 Å². The summed E-state index contributed by atoms with van der Waals surface area (Å²) in [4.78, 5) is 25.1. The Kier molecular flexibility index (Phi) is 4.98. The lowest BCUT2D eigenvalue weighted by molar-refractivity contribution is 0.0920. The zero-order chi connectivity index (χ0) is 19.4. The van der Waals surface area contributed by atoms with E-state index in [4.69, 9.17) is 0 Å². The van der Waals surface area contributed by atoms with E-state index in [0.717, 1.165) is 5.69 Å². The van der Waals surface area contributed by atoms with Crippen molar-refractivity contribution in [2.45, 2.75) is 26.3 Å². The third kappa shape index (κ3) is 4.55. The van der Waals surface area contributed by atoms with Crippen LogP contribution in [-0.2, 0) is 0 Å². The number of anilines is 1. The minimum absolute atomic E-state index is 0.243. The van der Waals surface area contributed by atoms with E-state index in [1.807, 2.05) is 20.8 Å². The van der Waals surface area contributed by atoms with E-state index in [2.05, 4.69) is 26.2 Å². The van der Waals surface area contributed by atoms with Crippen LogP contribution in [0.25, 0.3) is 5.69 Å². The van der Waals surface area contributed by atoms with Crippen molar-refractivity contribution in [2.75, 3.05) is 5.32 Å². The lowest BCUT2D eigenvalue weighted by Gasteiger charge is -2.21. The van der Waals surface area contributed by atoms with Crippen LogP contribution in [0.2, 0.25) is 0 Å². The highest BCUT2D eigenvalue weighted by molar-refractivity contribution is 6.09. The zero-order valence-corrected chi connectivity index (χ0v) is 15.3. The first kappa shape index (κ1) is 18.2. The normalized spacial score (nSPS) is 11.1. The van der Waals surface area contributed by atoms with Crippen molar-refractivity contribution < 1.29 is 9.59 Å². The predicted molar refractivity (Wildman–Crippen MR) is 101 cm³/mol. The molecule has 8 nitrogen and oxygen atoms in total. The SMILES string of the molecule is CC(C)(C)NC(=O)c1ccccc1NC(=O)c1ccc(-n2cnnn2)cc1. The minimum atomic E-state index is -0.375. The van der Waals surface area contributed by atoms with Crippen LogP contribution in [0.4, 0.5) is 5.69 Å². The van der Waals surface area contributed by atoms with Crippen LogP contribution < -0.4 is 10.6 Å². The monoisotopic (exact) mass is 364 g/mol. The second-order valence-corrected chi connectivity index (χ2v) is 7.01. The molecule has 0 bridgehead atoms. The number of aromatic nitrogens is 4. The van der Waals surface area contributed by atoms with Crippen LogP contribution in [-0.4, -0.2) is 37.6 Å². The number of para-hydroxylation sites is 1. The molecule has 1 aromatic heterocycles. The number of hydrogen-bond donors (Lipinski definition) is 2. The smallest absolute Gasteiger partial charge is 0.255 e. The summed E-state index contributed by atoms with van der Waals surface area (Å²) in [6.45, 7) is 5.70. The van der Waals surface area contributed by atoms with Crippen LogP contribution in [0, 0.1) is 0 Å². The van der Waals surface area contributed by atoms with Gasteiger partial charge in [0.2, 0.25) is 0 Å². The summed E-state index contributed by atoms with van der Waals surface area (Å²) in [5.74, 6) is -0.554. The van der Waals surface area contributed by atoms with E-state index >= 15 is 0 Å². The average Bonchev–Trinajstić information content (AvgIpc) is 3.15. The quantitative estimate of drug-likeness (QED) is 0.740. The molecule has 2 N–H and O–H groups in total. The van der Waals surface area contributed by atoms with Crippen molar-refractivity contribution in [2.24, 2.45) is 0 Å². The fourth-order valence-electron chi connectivity index (χ4n) is 2.44. The first-order valence-corrected chi connectivity index (χ1v) is 8.40. The largest absolute Gasteiger partial charge is 0.347 e. The number of nitrogens with zero attached hydrogens (tertiary/aromatic N) is 4. The molecule has 1 heterocycles. The Bertz CT molecular complexity index is 943. The Morgan fingerprint density at radius 3 is 2.30 bits per heavy atom. The summed E-state index contributed by atoms with van der Waals surface area (Å²) < 4.78 is 1.49. The molecule has 27 heavy (non-hydrogen) atoms. The van der Waals surface area contributed by atoms with Gasteiger partial charge in [0, 0.05) is 11.1 Å². The molecule has 138 valence electrons. The molecule has 0 saturated heterocycles. The van der Waals surface area contributed by atoms with Crippen LogP contribution in [0.15, 0.2) is 54.9 Å². The number of tetrazole rings is 1. The molecule has 0 aliphatic carbocycles. The van der Waals surface area contributed by atoms with Crippen LogP contribution in [0.5, 0.6) is 0 Å². The van der Waals surface area contributed by atoms with E-state index < -0.39 is 0 Å². The van der Waals surface area contributed by atoms with Gasteiger partial charge in [-0.05, 0) is 67.6 Å². The molecule has 8 heteroatoms. The number of benzene rings is 2. The molecule has 0 saturated carbocycles. The van der Waals surface area contributed by atoms with Gasteiger partial charge >= 0.3 is 0 Å². The van der Waals surface area contributed by atoms with Gasteiger partial charge in [0.15, 0.2) is 0 Å². The highest BCUT2D eigenvalue weighted by atomic mass is 16.2. The molecule has 2 amide bonds. The molecule has 0 fully saturated rings. The summed E-state index contributed by atoms with van der Waals surface area (Å²) in [7, 11) is 0. The molecule has 3 aromatic rings. The van der Waals surface area contributed by atoms with E-state index in [9.17, 15) is 9.59 Å². The Balaban J connectivity index is 1.77. The second-order valence-electron chi connectivity index (χ2n) is 7.01. The predicted octanol–water partition coefficient (Wildman–Crippen LogP) is 2.44. The summed E-state index contributed by atoms with van der Waals surface area (Å²) in [6.07, 6.45) is 1.47. The van der Waals surface area contributed by atoms with Crippen molar-refractivity contribution in [1.82, 2.24) is 25.5 Å². The van der Waals surface area contributed by atoms with Gasteiger partial charge in [-0.2, -0.15) is 0 Å². The third-order valence-electron chi connectivity index (χ3n) is 3.65. The van der Waals surface area contributed by atoms with Crippen LogP contribution in [0.3, 0.4) is 0 Å². The molecule has 0 radical (unpaired) electrons. The topological polar surface area (TPSA) is 102 Å². The van der Waals surface area contributed by atoms with Gasteiger partial charge in [-0.1, -0.05) is 12.1 Å². The summed E-state index contributed by atoms with van der Waals surface area (Å²) in [6, 6.07) is 13.7. The van der Waals surface area contributed by atoms with Crippen molar-refractivity contribution >= 4 is 17.5 Å². The maximum absolute atomic E-state index is 12.6. The summed E-state index contributed by atoms with van der Waals surface area (Å²) in [5, 5.41) is 16.7. The standard InChI is InChI=1S/C19H20N6O2/c1-19(2,3)22-18(27)15-6-4-5-7-16(15)21-17(26)13-8-10-14(11-9-13)25-12-20-23-24-25/h4-12H,1-3H3,(H,21,26)(H,22,27). The van der Waals surface area contributed by atoms with Gasteiger partial charge in [-0.3, -0.25) is 9.59 Å². The van der Waals surface area contributed by atoms with E-state index in [-0.39, 0.29) is 17.4 Å². The Hall–Kier alpha value is -3.55. The van der Waals surface area contributed by atoms with E-state index in [1.54, 1.807) is 48.5 Å². The third-order valence-corrected chi connectivity index (χ3v) is 3.65. The van der Waals surface area contributed by atoms with E-state index in [1.165, 1.54) is 11.0 Å². The molecular weight excluding hydrogens is 344 g/mol. The van der Waals surface area contributed by atoms with E-state index in [0.29, 0.717) is 16.8 Å². The first-order valence-electron chi connectivity index (χ1n) is 8.40. The number of rotatable bonds is 4. The van der Waals surface area contributed by atoms with Crippen molar-refractivity contribution in [3.63, 3.8) is 0 Å².